The third kappa shape index (κ3) is 3.55. The van der Waals surface area contributed by atoms with Crippen LogP contribution in [0.5, 0.6) is 0 Å². The van der Waals surface area contributed by atoms with Crippen LogP contribution in [0, 0.1) is 0 Å². The number of hydrogen-bond acceptors (Lipinski definition) is 4. The molecule has 2 amide bonds. The Labute approximate surface area is 131 Å². The Kier molecular flexibility index (Phi) is 5.35. The minimum absolute atomic E-state index is 0.0155. The zero-order chi connectivity index (χ0) is 16.1. The largest absolute Gasteiger partial charge is 0.367 e. The van der Waals surface area contributed by atoms with Gasteiger partial charge in [-0.2, -0.15) is 0 Å². The van der Waals surface area contributed by atoms with Crippen molar-refractivity contribution in [1.82, 2.24) is 14.8 Å². The van der Waals surface area contributed by atoms with Crippen molar-refractivity contribution < 1.29 is 9.59 Å². The van der Waals surface area contributed by atoms with E-state index < -0.39 is 0 Å². The van der Waals surface area contributed by atoms with E-state index in [4.69, 9.17) is 0 Å². The van der Waals surface area contributed by atoms with Gasteiger partial charge < -0.3 is 14.7 Å². The molecule has 0 aromatic carbocycles. The molecule has 0 saturated carbocycles. The Bertz CT molecular complexity index is 535. The molecule has 2 heterocycles. The lowest BCUT2D eigenvalue weighted by Crippen LogP contribution is -2.48. The van der Waals surface area contributed by atoms with Gasteiger partial charge in [-0.1, -0.05) is 0 Å². The smallest absolute Gasteiger partial charge is 0.255 e. The number of amides is 2. The van der Waals surface area contributed by atoms with Gasteiger partial charge in [-0.15, -0.1) is 0 Å². The number of rotatable bonds is 4. The fourth-order valence-corrected chi connectivity index (χ4v) is 2.69. The van der Waals surface area contributed by atoms with Gasteiger partial charge in [0.05, 0.1) is 17.4 Å². The van der Waals surface area contributed by atoms with Crippen LogP contribution in [0.15, 0.2) is 18.5 Å². The summed E-state index contributed by atoms with van der Waals surface area (Å²) >= 11 is 0. The summed E-state index contributed by atoms with van der Waals surface area (Å²) in [5.41, 5.74) is 1.57. The summed E-state index contributed by atoms with van der Waals surface area (Å²) in [6.07, 6.45) is 3.40. The first-order valence-corrected chi connectivity index (χ1v) is 7.81. The standard InChI is InChI=1S/C16H24N4O2/c1-4-18(5-2)16(22)14-10-15(12-17-11-14)20-8-6-19(7-9-20)13(3)21/h10-12H,4-9H2,1-3H3. The van der Waals surface area contributed by atoms with Gasteiger partial charge in [0.1, 0.15) is 0 Å². The second kappa shape index (κ2) is 7.24. The van der Waals surface area contributed by atoms with Crippen LogP contribution >= 0.6 is 0 Å². The van der Waals surface area contributed by atoms with Gasteiger partial charge in [-0.05, 0) is 19.9 Å². The first-order chi connectivity index (χ1) is 10.6. The molecule has 0 atom stereocenters. The first kappa shape index (κ1) is 16.3. The maximum Gasteiger partial charge on any atom is 0.255 e. The molecule has 22 heavy (non-hydrogen) atoms. The normalized spacial score (nSPS) is 14.9. The Morgan fingerprint density at radius 1 is 1.14 bits per heavy atom. The number of nitrogens with zero attached hydrogens (tertiary/aromatic N) is 4. The topological polar surface area (TPSA) is 56.8 Å². The van der Waals surface area contributed by atoms with Crippen LogP contribution < -0.4 is 4.90 Å². The lowest BCUT2D eigenvalue weighted by molar-refractivity contribution is -0.129. The van der Waals surface area contributed by atoms with Crippen LogP contribution in [0.3, 0.4) is 0 Å². The molecule has 120 valence electrons. The van der Waals surface area contributed by atoms with E-state index in [1.807, 2.05) is 24.8 Å². The Hall–Kier alpha value is -2.11. The average molecular weight is 304 g/mol. The van der Waals surface area contributed by atoms with Gasteiger partial charge in [0.2, 0.25) is 5.91 Å². The fraction of sp³-hybridized carbons (Fsp3) is 0.562. The third-order valence-corrected chi connectivity index (χ3v) is 4.11. The number of carbonyl (C=O) groups excluding carboxylic acids is 2. The maximum atomic E-state index is 12.4. The molecule has 1 aliphatic heterocycles. The van der Waals surface area contributed by atoms with Gasteiger partial charge >= 0.3 is 0 Å². The van der Waals surface area contributed by atoms with Crippen LogP contribution in [0.25, 0.3) is 0 Å². The predicted octanol–water partition coefficient (Wildman–Crippen LogP) is 1.23. The Balaban J connectivity index is 2.09. The molecular formula is C16H24N4O2. The highest BCUT2D eigenvalue weighted by Crippen LogP contribution is 2.18. The number of hydrogen-bond donors (Lipinski definition) is 0. The number of aromatic nitrogens is 1. The average Bonchev–Trinajstić information content (AvgIpc) is 2.56. The molecular weight excluding hydrogens is 280 g/mol. The van der Waals surface area contributed by atoms with E-state index in [1.165, 1.54) is 0 Å². The van der Waals surface area contributed by atoms with Crippen LogP contribution in [0.4, 0.5) is 5.69 Å². The van der Waals surface area contributed by atoms with Crippen molar-refractivity contribution in [2.45, 2.75) is 20.8 Å². The van der Waals surface area contributed by atoms with Crippen LogP contribution in [0.2, 0.25) is 0 Å². The molecule has 1 fully saturated rings. The fourth-order valence-electron chi connectivity index (χ4n) is 2.69. The summed E-state index contributed by atoms with van der Waals surface area (Å²) in [7, 11) is 0. The van der Waals surface area contributed by atoms with Crippen molar-refractivity contribution in [3.63, 3.8) is 0 Å². The molecule has 0 bridgehead atoms. The molecule has 1 saturated heterocycles. The van der Waals surface area contributed by atoms with E-state index >= 15 is 0 Å². The van der Waals surface area contributed by atoms with E-state index in [0.29, 0.717) is 31.7 Å². The van der Waals surface area contributed by atoms with Crippen LogP contribution in [-0.4, -0.2) is 65.9 Å². The molecule has 6 nitrogen and oxygen atoms in total. The lowest BCUT2D eigenvalue weighted by atomic mass is 10.2. The summed E-state index contributed by atoms with van der Waals surface area (Å²) in [5.74, 6) is 0.130. The number of piperazine rings is 1. The molecule has 6 heteroatoms. The predicted molar refractivity (Wildman–Crippen MR) is 86.0 cm³/mol. The van der Waals surface area contributed by atoms with Crippen LogP contribution in [-0.2, 0) is 4.79 Å². The molecule has 0 radical (unpaired) electrons. The number of anilines is 1. The van der Waals surface area contributed by atoms with Crippen molar-refractivity contribution >= 4 is 17.5 Å². The molecule has 0 spiro atoms. The van der Waals surface area contributed by atoms with Gasteiger partial charge in [0.25, 0.3) is 5.91 Å². The molecule has 1 aromatic heterocycles. The summed E-state index contributed by atoms with van der Waals surface area (Å²) < 4.78 is 0. The zero-order valence-corrected chi connectivity index (χ0v) is 13.6. The van der Waals surface area contributed by atoms with E-state index in [2.05, 4.69) is 9.88 Å². The summed E-state index contributed by atoms with van der Waals surface area (Å²) in [5, 5.41) is 0. The highest BCUT2D eigenvalue weighted by Gasteiger charge is 2.20. The number of pyridine rings is 1. The van der Waals surface area contributed by atoms with Crippen molar-refractivity contribution in [2.24, 2.45) is 0 Å². The number of carbonyl (C=O) groups is 2. The van der Waals surface area contributed by atoms with Crippen molar-refractivity contribution in [3.8, 4) is 0 Å². The zero-order valence-electron chi connectivity index (χ0n) is 13.6. The lowest BCUT2D eigenvalue weighted by Gasteiger charge is -2.35. The minimum atomic E-state index is 0.0155. The molecule has 0 aliphatic carbocycles. The third-order valence-electron chi connectivity index (χ3n) is 4.11. The van der Waals surface area contributed by atoms with E-state index in [1.54, 1.807) is 24.2 Å². The first-order valence-electron chi connectivity index (χ1n) is 7.81. The molecule has 2 rings (SSSR count). The second-order valence-corrected chi connectivity index (χ2v) is 5.40. The molecule has 1 aliphatic rings. The van der Waals surface area contributed by atoms with E-state index in [-0.39, 0.29) is 11.8 Å². The Morgan fingerprint density at radius 3 is 2.32 bits per heavy atom. The monoisotopic (exact) mass is 304 g/mol. The maximum absolute atomic E-state index is 12.4. The van der Waals surface area contributed by atoms with Crippen LogP contribution in [0.1, 0.15) is 31.1 Å². The second-order valence-electron chi connectivity index (χ2n) is 5.40. The molecule has 0 N–H and O–H groups in total. The van der Waals surface area contributed by atoms with Gasteiger partial charge in [0.15, 0.2) is 0 Å². The summed E-state index contributed by atoms with van der Waals surface area (Å²) in [6.45, 7) is 9.88. The van der Waals surface area contributed by atoms with Crippen molar-refractivity contribution in [3.05, 3.63) is 24.0 Å². The quantitative estimate of drug-likeness (QED) is 0.839. The van der Waals surface area contributed by atoms with E-state index in [0.717, 1.165) is 18.8 Å². The summed E-state index contributed by atoms with van der Waals surface area (Å²) in [6, 6.07) is 1.90. The van der Waals surface area contributed by atoms with E-state index in [9.17, 15) is 9.59 Å². The SMILES string of the molecule is CCN(CC)C(=O)c1cncc(N2CCN(C(C)=O)CC2)c1. The highest BCUT2D eigenvalue weighted by molar-refractivity contribution is 5.94. The Morgan fingerprint density at radius 2 is 1.77 bits per heavy atom. The van der Waals surface area contributed by atoms with Gasteiger partial charge in [0, 0.05) is 52.4 Å². The van der Waals surface area contributed by atoms with Gasteiger partial charge in [-0.3, -0.25) is 14.6 Å². The minimum Gasteiger partial charge on any atom is -0.367 e. The highest BCUT2D eigenvalue weighted by atomic mass is 16.2. The van der Waals surface area contributed by atoms with Gasteiger partial charge in [-0.25, -0.2) is 0 Å². The van der Waals surface area contributed by atoms with Crippen molar-refractivity contribution in [2.75, 3.05) is 44.2 Å². The molecule has 1 aromatic rings. The summed E-state index contributed by atoms with van der Waals surface area (Å²) in [4.78, 5) is 33.8. The molecule has 0 unspecified atom stereocenters. The van der Waals surface area contributed by atoms with Crippen molar-refractivity contribution in [1.29, 1.82) is 0 Å².